The Balaban J connectivity index is 2.02. The topological polar surface area (TPSA) is 72.1 Å². The van der Waals surface area contributed by atoms with E-state index < -0.39 is 0 Å². The van der Waals surface area contributed by atoms with Gasteiger partial charge in [-0.15, -0.1) is 0 Å². The third-order valence-electron chi connectivity index (χ3n) is 5.24. The molecular weight excluding hydrogens is 338 g/mol. The van der Waals surface area contributed by atoms with E-state index >= 15 is 0 Å². The lowest BCUT2D eigenvalue weighted by Crippen LogP contribution is -2.43. The van der Waals surface area contributed by atoms with Crippen molar-refractivity contribution in [3.63, 3.8) is 0 Å². The van der Waals surface area contributed by atoms with E-state index in [0.29, 0.717) is 0 Å². The maximum absolute atomic E-state index is 4.65. The number of aryl methyl sites for hydroxylation is 4. The molecule has 0 aliphatic rings. The van der Waals surface area contributed by atoms with E-state index in [2.05, 4.69) is 60.4 Å². The fourth-order valence-electron chi connectivity index (χ4n) is 3.66. The normalized spacial score (nSPS) is 13.1. The van der Waals surface area contributed by atoms with Crippen LogP contribution >= 0.6 is 0 Å². The van der Waals surface area contributed by atoms with Gasteiger partial charge in [0.1, 0.15) is 0 Å². The van der Waals surface area contributed by atoms with Crippen molar-refractivity contribution in [3.8, 4) is 0 Å². The maximum atomic E-state index is 4.65. The summed E-state index contributed by atoms with van der Waals surface area (Å²) in [6.07, 6.45) is 2.83. The van der Waals surface area contributed by atoms with E-state index in [0.717, 1.165) is 43.2 Å². The summed E-state index contributed by atoms with van der Waals surface area (Å²) in [6.45, 7) is 11.4. The first kappa shape index (κ1) is 21.0. The molecule has 2 aromatic heterocycles. The Hall–Kier alpha value is -2.31. The molecule has 0 aliphatic carbocycles. The van der Waals surface area contributed by atoms with E-state index in [1.54, 1.807) is 0 Å². The number of nitrogens with one attached hydrogen (secondary N) is 2. The second kappa shape index (κ2) is 9.06. The van der Waals surface area contributed by atoms with Crippen molar-refractivity contribution in [2.45, 2.75) is 66.5 Å². The van der Waals surface area contributed by atoms with Crippen LogP contribution in [0.15, 0.2) is 4.99 Å². The predicted molar refractivity (Wildman–Crippen MR) is 111 cm³/mol. The van der Waals surface area contributed by atoms with Crippen LogP contribution in [0.5, 0.6) is 0 Å². The molecule has 0 spiro atoms. The van der Waals surface area contributed by atoms with Crippen LogP contribution in [-0.4, -0.2) is 38.6 Å². The van der Waals surface area contributed by atoms with Crippen LogP contribution in [0, 0.1) is 13.8 Å². The van der Waals surface area contributed by atoms with E-state index in [1.165, 1.54) is 22.5 Å². The van der Waals surface area contributed by atoms with Gasteiger partial charge in [0, 0.05) is 50.7 Å². The molecule has 2 aromatic rings. The third kappa shape index (κ3) is 4.70. The monoisotopic (exact) mass is 373 g/mol. The number of hydrogen-bond donors (Lipinski definition) is 2. The molecule has 0 aliphatic heterocycles. The number of nitrogens with zero attached hydrogens (tertiary/aromatic N) is 5. The molecule has 0 saturated carbocycles. The van der Waals surface area contributed by atoms with Crippen molar-refractivity contribution >= 4 is 5.96 Å². The molecule has 1 unspecified atom stereocenters. The van der Waals surface area contributed by atoms with Crippen molar-refractivity contribution in [2.75, 3.05) is 7.05 Å². The zero-order valence-corrected chi connectivity index (χ0v) is 18.1. The molecule has 0 aromatic carbocycles. The van der Waals surface area contributed by atoms with Gasteiger partial charge in [0.25, 0.3) is 0 Å². The second-order valence-electron chi connectivity index (χ2n) is 7.15. The van der Waals surface area contributed by atoms with Gasteiger partial charge in [0.05, 0.1) is 11.4 Å². The maximum Gasteiger partial charge on any atom is 0.191 e. The fourth-order valence-corrected chi connectivity index (χ4v) is 3.66. The molecule has 2 N–H and O–H groups in total. The Kier molecular flexibility index (Phi) is 7.05. The van der Waals surface area contributed by atoms with Gasteiger partial charge in [-0.05, 0) is 45.6 Å². The zero-order chi connectivity index (χ0) is 20.1. The highest BCUT2D eigenvalue weighted by molar-refractivity contribution is 5.80. The lowest BCUT2D eigenvalue weighted by molar-refractivity contribution is 0.634. The molecule has 0 amide bonds. The van der Waals surface area contributed by atoms with Crippen LogP contribution in [-0.2, 0) is 39.9 Å². The smallest absolute Gasteiger partial charge is 0.191 e. The highest BCUT2D eigenvalue weighted by Crippen LogP contribution is 2.16. The molecule has 1 atom stereocenters. The van der Waals surface area contributed by atoms with Crippen LogP contribution in [0.2, 0.25) is 0 Å². The Morgan fingerprint density at radius 1 is 1.07 bits per heavy atom. The first-order chi connectivity index (χ1) is 12.8. The number of aliphatic imine (C=N–C) groups is 1. The van der Waals surface area contributed by atoms with Crippen LogP contribution in [0.1, 0.15) is 54.7 Å². The summed E-state index contributed by atoms with van der Waals surface area (Å²) in [5, 5.41) is 16.1. The number of hydrogen-bond acceptors (Lipinski definition) is 3. The highest BCUT2D eigenvalue weighted by Gasteiger charge is 2.16. The van der Waals surface area contributed by atoms with E-state index in [9.17, 15) is 0 Å². The lowest BCUT2D eigenvalue weighted by Gasteiger charge is -2.18. The summed E-state index contributed by atoms with van der Waals surface area (Å²) in [5.74, 6) is 0.814. The van der Waals surface area contributed by atoms with Gasteiger partial charge in [-0.1, -0.05) is 13.8 Å². The first-order valence-corrected chi connectivity index (χ1v) is 9.82. The van der Waals surface area contributed by atoms with Crippen LogP contribution in [0.3, 0.4) is 0 Å². The van der Waals surface area contributed by atoms with Crippen molar-refractivity contribution in [2.24, 2.45) is 19.1 Å². The first-order valence-electron chi connectivity index (χ1n) is 9.82. The molecular formula is C20H35N7. The van der Waals surface area contributed by atoms with E-state index in [1.807, 2.05) is 30.5 Å². The third-order valence-corrected chi connectivity index (χ3v) is 5.24. The van der Waals surface area contributed by atoms with Crippen LogP contribution in [0.4, 0.5) is 0 Å². The molecule has 0 bridgehead atoms. The summed E-state index contributed by atoms with van der Waals surface area (Å²) in [5.41, 5.74) is 7.36. The quantitative estimate of drug-likeness (QED) is 0.576. The average Bonchev–Trinajstić information content (AvgIpc) is 3.08. The molecule has 150 valence electrons. The summed E-state index contributed by atoms with van der Waals surface area (Å²) in [4.78, 5) is 4.40. The van der Waals surface area contributed by atoms with Crippen molar-refractivity contribution in [3.05, 3.63) is 33.9 Å². The summed E-state index contributed by atoms with van der Waals surface area (Å²) >= 11 is 0. The highest BCUT2D eigenvalue weighted by atomic mass is 15.3. The van der Waals surface area contributed by atoms with Crippen molar-refractivity contribution in [1.29, 1.82) is 0 Å². The fraction of sp³-hybridized carbons (Fsp3) is 0.650. The van der Waals surface area contributed by atoms with Gasteiger partial charge < -0.3 is 10.6 Å². The number of guanidine groups is 1. The van der Waals surface area contributed by atoms with Gasteiger partial charge in [0.2, 0.25) is 0 Å². The number of rotatable bonds is 7. The lowest BCUT2D eigenvalue weighted by atomic mass is 10.1. The van der Waals surface area contributed by atoms with Gasteiger partial charge >= 0.3 is 0 Å². The minimum Gasteiger partial charge on any atom is -0.354 e. The van der Waals surface area contributed by atoms with Crippen molar-refractivity contribution < 1.29 is 0 Å². The molecule has 0 saturated heterocycles. The standard InChI is InChI=1S/C20H35N7/c1-9-18-17(19(10-2)27(8)25-18)12-22-20(21-6)23-13(3)11-16-14(4)24-26(7)15(16)5/h13H,9-12H2,1-8H3,(H2,21,22,23). The van der Waals surface area contributed by atoms with Crippen LogP contribution in [0.25, 0.3) is 0 Å². The minimum absolute atomic E-state index is 0.253. The largest absolute Gasteiger partial charge is 0.354 e. The minimum atomic E-state index is 0.253. The van der Waals surface area contributed by atoms with Gasteiger partial charge in [-0.25, -0.2) is 0 Å². The van der Waals surface area contributed by atoms with Gasteiger partial charge in [-0.2, -0.15) is 10.2 Å². The Labute approximate surface area is 163 Å². The molecule has 0 fully saturated rings. The Morgan fingerprint density at radius 3 is 2.30 bits per heavy atom. The average molecular weight is 374 g/mol. The molecule has 27 heavy (non-hydrogen) atoms. The van der Waals surface area contributed by atoms with E-state index in [4.69, 9.17) is 0 Å². The zero-order valence-electron chi connectivity index (χ0n) is 18.1. The summed E-state index contributed by atoms with van der Waals surface area (Å²) in [7, 11) is 5.83. The van der Waals surface area contributed by atoms with Gasteiger partial charge in [0.15, 0.2) is 5.96 Å². The predicted octanol–water partition coefficient (Wildman–Crippen LogP) is 2.19. The SMILES string of the molecule is CCc1nn(C)c(CC)c1CNC(=NC)NC(C)Cc1c(C)nn(C)c1C. The second-order valence-corrected chi connectivity index (χ2v) is 7.15. The Bertz CT molecular complexity index is 798. The Morgan fingerprint density at radius 2 is 1.78 bits per heavy atom. The van der Waals surface area contributed by atoms with Crippen LogP contribution < -0.4 is 10.6 Å². The summed E-state index contributed by atoms with van der Waals surface area (Å²) in [6, 6.07) is 0.253. The molecule has 0 radical (unpaired) electrons. The summed E-state index contributed by atoms with van der Waals surface area (Å²) < 4.78 is 3.95. The molecule has 2 heterocycles. The molecule has 2 rings (SSSR count). The van der Waals surface area contributed by atoms with Gasteiger partial charge in [-0.3, -0.25) is 14.4 Å². The molecule has 7 heteroatoms. The number of aromatic nitrogens is 4. The van der Waals surface area contributed by atoms with E-state index in [-0.39, 0.29) is 6.04 Å². The van der Waals surface area contributed by atoms with Crippen molar-refractivity contribution in [1.82, 2.24) is 30.2 Å². The molecule has 7 nitrogen and oxygen atoms in total.